The smallest absolute Gasteiger partial charge is 0.144 e. The molecule has 1 aliphatic heterocycles. The highest BCUT2D eigenvalue weighted by molar-refractivity contribution is 6.01. The molecule has 1 heterocycles. The molecule has 3 nitrogen and oxygen atoms in total. The van der Waals surface area contributed by atoms with Crippen LogP contribution in [0.1, 0.15) is 6.92 Å². The molecule has 0 aliphatic carbocycles. The molecule has 1 atom stereocenters. The van der Waals surface area contributed by atoms with Gasteiger partial charge in [0.05, 0.1) is 0 Å². The van der Waals surface area contributed by atoms with Crippen molar-refractivity contribution in [1.29, 1.82) is 0 Å². The lowest BCUT2D eigenvalue weighted by Gasteiger charge is -2.00. The van der Waals surface area contributed by atoms with Gasteiger partial charge in [0.1, 0.15) is 12.0 Å². The van der Waals surface area contributed by atoms with Crippen LogP contribution in [0.4, 0.5) is 0 Å². The van der Waals surface area contributed by atoms with Crippen molar-refractivity contribution in [2.75, 3.05) is 0 Å². The van der Waals surface area contributed by atoms with Crippen molar-refractivity contribution < 1.29 is 0 Å². The maximum Gasteiger partial charge on any atom is 0.144 e. The number of allylic oxidation sites excluding steroid dienone is 2. The van der Waals surface area contributed by atoms with Crippen LogP contribution in [0, 0.1) is 0 Å². The third-order valence-corrected chi connectivity index (χ3v) is 1.51. The fourth-order valence-corrected chi connectivity index (χ4v) is 0.948. The predicted molar refractivity (Wildman–Crippen MR) is 51.6 cm³/mol. The first kappa shape index (κ1) is 8.74. The number of nitrogens with zero attached hydrogens (tertiary/aromatic N) is 1. The summed E-state index contributed by atoms with van der Waals surface area (Å²) < 4.78 is 0. The van der Waals surface area contributed by atoms with Crippen molar-refractivity contribution in [2.45, 2.75) is 13.1 Å². The molecule has 12 heavy (non-hydrogen) atoms. The zero-order valence-corrected chi connectivity index (χ0v) is 7.17. The van der Waals surface area contributed by atoms with Gasteiger partial charge in [-0.1, -0.05) is 31.4 Å². The van der Waals surface area contributed by atoms with Gasteiger partial charge in [0.25, 0.3) is 0 Å². The standard InChI is InChI=1S/C9H13N3/c1-4-6-8(5-2)9-10-7(3)11-12-9/h4-7,11H,1-2H2,3H3,(H,10,12)/b8-6+. The fourth-order valence-electron chi connectivity index (χ4n) is 0.948. The van der Waals surface area contributed by atoms with Crippen molar-refractivity contribution in [2.24, 2.45) is 4.99 Å². The zero-order chi connectivity index (χ0) is 8.97. The third kappa shape index (κ3) is 1.83. The Bertz CT molecular complexity index is 250. The number of amidine groups is 1. The van der Waals surface area contributed by atoms with Crippen LogP contribution in [0.3, 0.4) is 0 Å². The van der Waals surface area contributed by atoms with Crippen molar-refractivity contribution in [3.8, 4) is 0 Å². The minimum absolute atomic E-state index is 0.119. The highest BCUT2D eigenvalue weighted by Crippen LogP contribution is 2.03. The molecular formula is C9H13N3. The first-order chi connectivity index (χ1) is 5.77. The molecule has 0 aromatic heterocycles. The Labute approximate surface area is 72.5 Å². The second-order valence-electron chi connectivity index (χ2n) is 2.48. The predicted octanol–water partition coefficient (Wildman–Crippen LogP) is 1.14. The molecular weight excluding hydrogens is 150 g/mol. The summed E-state index contributed by atoms with van der Waals surface area (Å²) in [5.74, 6) is 0.817. The van der Waals surface area contributed by atoms with E-state index in [0.29, 0.717) is 0 Å². The first-order valence-electron chi connectivity index (χ1n) is 3.83. The monoisotopic (exact) mass is 163 g/mol. The van der Waals surface area contributed by atoms with Crippen LogP contribution in [0.25, 0.3) is 0 Å². The lowest BCUT2D eigenvalue weighted by molar-refractivity contribution is 0.589. The lowest BCUT2D eigenvalue weighted by Crippen LogP contribution is -2.33. The van der Waals surface area contributed by atoms with Gasteiger partial charge < -0.3 is 5.43 Å². The zero-order valence-electron chi connectivity index (χ0n) is 7.17. The maximum absolute atomic E-state index is 4.29. The Kier molecular flexibility index (Phi) is 2.82. The van der Waals surface area contributed by atoms with Crippen molar-refractivity contribution in [3.05, 3.63) is 37.0 Å². The molecule has 0 amide bonds. The van der Waals surface area contributed by atoms with E-state index in [1.807, 2.05) is 13.0 Å². The summed E-state index contributed by atoms with van der Waals surface area (Å²) in [4.78, 5) is 4.29. The molecule has 2 N–H and O–H groups in total. The highest BCUT2D eigenvalue weighted by atomic mass is 15.5. The largest absolute Gasteiger partial charge is 0.304 e. The summed E-state index contributed by atoms with van der Waals surface area (Å²) >= 11 is 0. The van der Waals surface area contributed by atoms with Crippen LogP contribution in [-0.4, -0.2) is 12.0 Å². The Morgan fingerprint density at radius 2 is 2.33 bits per heavy atom. The topological polar surface area (TPSA) is 36.4 Å². The normalized spacial score (nSPS) is 22.9. The highest BCUT2D eigenvalue weighted by Gasteiger charge is 2.12. The number of aliphatic imine (C=N–C) groups is 1. The molecule has 0 saturated heterocycles. The minimum atomic E-state index is 0.119. The van der Waals surface area contributed by atoms with Crippen LogP contribution in [-0.2, 0) is 0 Å². The number of hydrazine groups is 1. The average molecular weight is 163 g/mol. The second-order valence-corrected chi connectivity index (χ2v) is 2.48. The SMILES string of the molecule is C=C/C=C(\C=C)C1=NC(C)NN1. The van der Waals surface area contributed by atoms with Crippen LogP contribution >= 0.6 is 0 Å². The van der Waals surface area contributed by atoms with Gasteiger partial charge >= 0.3 is 0 Å². The number of hydrogen-bond acceptors (Lipinski definition) is 3. The fraction of sp³-hybridized carbons (Fsp3) is 0.222. The van der Waals surface area contributed by atoms with E-state index in [9.17, 15) is 0 Å². The molecule has 0 aromatic carbocycles. The lowest BCUT2D eigenvalue weighted by atomic mass is 10.2. The van der Waals surface area contributed by atoms with Crippen LogP contribution in [0.5, 0.6) is 0 Å². The van der Waals surface area contributed by atoms with Gasteiger partial charge in [0.15, 0.2) is 0 Å². The molecule has 64 valence electrons. The molecule has 0 aromatic rings. The summed E-state index contributed by atoms with van der Waals surface area (Å²) in [5.41, 5.74) is 6.87. The van der Waals surface area contributed by atoms with Crippen molar-refractivity contribution in [1.82, 2.24) is 10.9 Å². The molecule has 0 saturated carbocycles. The first-order valence-corrected chi connectivity index (χ1v) is 3.83. The molecule has 0 radical (unpaired) electrons. The van der Waals surface area contributed by atoms with Crippen molar-refractivity contribution >= 4 is 5.84 Å². The van der Waals surface area contributed by atoms with E-state index >= 15 is 0 Å². The maximum atomic E-state index is 4.29. The Morgan fingerprint density at radius 3 is 2.75 bits per heavy atom. The Morgan fingerprint density at radius 1 is 1.58 bits per heavy atom. The molecule has 0 spiro atoms. The van der Waals surface area contributed by atoms with Crippen LogP contribution in [0.15, 0.2) is 42.0 Å². The van der Waals surface area contributed by atoms with E-state index in [0.717, 1.165) is 11.4 Å². The van der Waals surface area contributed by atoms with Crippen LogP contribution < -0.4 is 10.9 Å². The number of hydrogen-bond donors (Lipinski definition) is 2. The molecule has 0 fully saturated rings. The number of nitrogens with one attached hydrogen (secondary N) is 2. The van der Waals surface area contributed by atoms with Crippen LogP contribution in [0.2, 0.25) is 0 Å². The molecule has 0 bridgehead atoms. The van der Waals surface area contributed by atoms with E-state index < -0.39 is 0 Å². The van der Waals surface area contributed by atoms with Gasteiger partial charge in [0, 0.05) is 5.57 Å². The quantitative estimate of drug-likeness (QED) is 0.612. The summed E-state index contributed by atoms with van der Waals surface area (Å²) in [5, 5.41) is 0. The molecule has 1 unspecified atom stereocenters. The Balaban J connectivity index is 2.80. The van der Waals surface area contributed by atoms with Gasteiger partial charge in [-0.3, -0.25) is 0 Å². The third-order valence-electron chi connectivity index (χ3n) is 1.51. The van der Waals surface area contributed by atoms with E-state index in [1.165, 1.54) is 0 Å². The molecule has 1 rings (SSSR count). The Hall–Kier alpha value is -1.35. The van der Waals surface area contributed by atoms with E-state index in [4.69, 9.17) is 0 Å². The van der Waals surface area contributed by atoms with Gasteiger partial charge in [-0.25, -0.2) is 10.4 Å². The van der Waals surface area contributed by atoms with Gasteiger partial charge in [-0.2, -0.15) is 0 Å². The number of rotatable bonds is 3. The average Bonchev–Trinajstić information content (AvgIpc) is 2.47. The van der Waals surface area contributed by atoms with E-state index in [-0.39, 0.29) is 6.17 Å². The van der Waals surface area contributed by atoms with E-state index in [2.05, 4.69) is 29.0 Å². The summed E-state index contributed by atoms with van der Waals surface area (Å²) in [6.45, 7) is 9.26. The summed E-state index contributed by atoms with van der Waals surface area (Å²) in [6, 6.07) is 0. The summed E-state index contributed by atoms with van der Waals surface area (Å²) in [7, 11) is 0. The van der Waals surface area contributed by atoms with Gasteiger partial charge in [0.2, 0.25) is 0 Å². The molecule has 1 aliphatic rings. The second kappa shape index (κ2) is 3.88. The van der Waals surface area contributed by atoms with Gasteiger partial charge in [-0.15, -0.1) is 0 Å². The molecule has 3 heteroatoms. The minimum Gasteiger partial charge on any atom is -0.304 e. The van der Waals surface area contributed by atoms with E-state index in [1.54, 1.807) is 12.2 Å². The van der Waals surface area contributed by atoms with Gasteiger partial charge in [-0.05, 0) is 6.92 Å². The summed E-state index contributed by atoms with van der Waals surface area (Å²) in [6.07, 6.45) is 5.43. The van der Waals surface area contributed by atoms with Crippen molar-refractivity contribution in [3.63, 3.8) is 0 Å².